The van der Waals surface area contributed by atoms with Crippen LogP contribution in [0.3, 0.4) is 0 Å². The van der Waals surface area contributed by atoms with Crippen LogP contribution in [0.15, 0.2) is 0 Å². The molecule has 0 rings (SSSR count). The Hall–Kier alpha value is -0.160. The van der Waals surface area contributed by atoms with Crippen molar-refractivity contribution in [3.63, 3.8) is 0 Å². The highest BCUT2D eigenvalue weighted by Gasteiger charge is 1.71. The van der Waals surface area contributed by atoms with Gasteiger partial charge in [0.2, 0.25) is 0 Å². The van der Waals surface area contributed by atoms with Crippen LogP contribution in [0.25, 0.3) is 0 Å². The summed E-state index contributed by atoms with van der Waals surface area (Å²) in [5.41, 5.74) is 4.67. The third-order valence-electron chi connectivity index (χ3n) is 0.625. The van der Waals surface area contributed by atoms with Crippen molar-refractivity contribution in [3.8, 4) is 0 Å². The molecular weight excluding hydrogens is 130 g/mol. The average Bonchev–Trinajstić information content (AvgIpc) is 1.82. The SMILES string of the molecule is CC(N)O.CNCCNC. The summed E-state index contributed by atoms with van der Waals surface area (Å²) in [6, 6.07) is 0. The molecule has 64 valence electrons. The number of nitrogens with one attached hydrogen (secondary N) is 2. The molecule has 0 amide bonds. The third kappa shape index (κ3) is 45.5. The Morgan fingerprint density at radius 1 is 1.30 bits per heavy atom. The predicted molar refractivity (Wildman–Crippen MR) is 43.7 cm³/mol. The molecule has 0 spiro atoms. The van der Waals surface area contributed by atoms with Crippen LogP contribution in [0.5, 0.6) is 0 Å². The number of rotatable bonds is 3. The molecule has 0 saturated heterocycles. The quantitative estimate of drug-likeness (QED) is 0.298. The molecule has 0 aliphatic rings. The summed E-state index contributed by atoms with van der Waals surface area (Å²) in [4.78, 5) is 0. The van der Waals surface area contributed by atoms with Gasteiger partial charge in [0.15, 0.2) is 0 Å². The predicted octanol–water partition coefficient (Wildman–Crippen LogP) is -1.29. The lowest BCUT2D eigenvalue weighted by Crippen LogP contribution is -2.21. The van der Waals surface area contributed by atoms with E-state index in [1.54, 1.807) is 0 Å². The molecule has 0 aromatic heterocycles. The first-order chi connectivity index (χ1) is 4.65. The molecule has 0 aliphatic heterocycles. The topological polar surface area (TPSA) is 70.3 Å². The van der Waals surface area contributed by atoms with Gasteiger partial charge in [-0.3, -0.25) is 0 Å². The van der Waals surface area contributed by atoms with E-state index in [0.29, 0.717) is 0 Å². The zero-order valence-corrected chi connectivity index (χ0v) is 7.02. The minimum absolute atomic E-state index is 0.667. The van der Waals surface area contributed by atoms with Gasteiger partial charge in [-0.1, -0.05) is 0 Å². The van der Waals surface area contributed by atoms with E-state index in [0.717, 1.165) is 13.1 Å². The molecule has 0 bridgehead atoms. The van der Waals surface area contributed by atoms with E-state index in [2.05, 4.69) is 16.4 Å². The average molecular weight is 149 g/mol. The van der Waals surface area contributed by atoms with Crippen molar-refractivity contribution in [2.45, 2.75) is 13.2 Å². The van der Waals surface area contributed by atoms with Crippen molar-refractivity contribution in [1.29, 1.82) is 0 Å². The Morgan fingerprint density at radius 3 is 1.60 bits per heavy atom. The normalized spacial score (nSPS) is 11.7. The van der Waals surface area contributed by atoms with Crippen LogP contribution in [0.2, 0.25) is 0 Å². The number of hydrogen-bond acceptors (Lipinski definition) is 4. The molecule has 0 heterocycles. The van der Waals surface area contributed by atoms with Gasteiger partial charge in [-0.25, -0.2) is 0 Å². The van der Waals surface area contributed by atoms with E-state index in [4.69, 9.17) is 5.11 Å². The van der Waals surface area contributed by atoms with E-state index in [-0.39, 0.29) is 0 Å². The summed E-state index contributed by atoms with van der Waals surface area (Å²) < 4.78 is 0. The maximum Gasteiger partial charge on any atom is 0.0991 e. The van der Waals surface area contributed by atoms with Crippen LogP contribution in [0, 0.1) is 0 Å². The van der Waals surface area contributed by atoms with Gasteiger partial charge in [-0.2, -0.15) is 0 Å². The second-order valence-electron chi connectivity index (χ2n) is 1.95. The van der Waals surface area contributed by atoms with Crippen LogP contribution >= 0.6 is 0 Å². The van der Waals surface area contributed by atoms with Crippen molar-refractivity contribution < 1.29 is 5.11 Å². The van der Waals surface area contributed by atoms with E-state index in [9.17, 15) is 0 Å². The van der Waals surface area contributed by atoms with Crippen LogP contribution in [0.4, 0.5) is 0 Å². The highest BCUT2D eigenvalue weighted by atomic mass is 16.3. The maximum absolute atomic E-state index is 7.83. The van der Waals surface area contributed by atoms with Gasteiger partial charge in [0.1, 0.15) is 0 Å². The highest BCUT2D eigenvalue weighted by molar-refractivity contribution is 4.38. The first-order valence-electron chi connectivity index (χ1n) is 3.38. The standard InChI is InChI=1S/C4H12N2.C2H7NO/c1-5-3-4-6-2;1-2(3)4/h5-6H,3-4H2,1-2H3;2,4H,3H2,1H3. The molecule has 4 heteroatoms. The second kappa shape index (κ2) is 11.6. The molecule has 4 nitrogen and oxygen atoms in total. The van der Waals surface area contributed by atoms with Gasteiger partial charge in [0.25, 0.3) is 0 Å². The van der Waals surface area contributed by atoms with E-state index in [1.807, 2.05) is 14.1 Å². The fourth-order valence-electron chi connectivity index (χ4n) is 0.250. The summed E-state index contributed by atoms with van der Waals surface area (Å²) in [7, 11) is 3.88. The summed E-state index contributed by atoms with van der Waals surface area (Å²) in [6.45, 7) is 3.60. The van der Waals surface area contributed by atoms with Gasteiger partial charge >= 0.3 is 0 Å². The largest absolute Gasteiger partial charge is 0.379 e. The van der Waals surface area contributed by atoms with Crippen molar-refractivity contribution >= 4 is 0 Å². The molecular formula is C6H19N3O. The summed E-state index contributed by atoms with van der Waals surface area (Å²) in [5.74, 6) is 0. The zero-order chi connectivity index (χ0) is 8.41. The number of nitrogens with two attached hydrogens (primary N) is 1. The molecule has 10 heavy (non-hydrogen) atoms. The number of aliphatic hydroxyl groups is 1. The lowest BCUT2D eigenvalue weighted by Gasteiger charge is -1.92. The molecule has 1 atom stereocenters. The highest BCUT2D eigenvalue weighted by Crippen LogP contribution is 1.50. The summed E-state index contributed by atoms with van der Waals surface area (Å²) in [5, 5.41) is 13.8. The summed E-state index contributed by atoms with van der Waals surface area (Å²) >= 11 is 0. The van der Waals surface area contributed by atoms with Crippen molar-refractivity contribution in [2.24, 2.45) is 5.73 Å². The van der Waals surface area contributed by atoms with Gasteiger partial charge < -0.3 is 21.5 Å². The first-order valence-corrected chi connectivity index (χ1v) is 3.38. The van der Waals surface area contributed by atoms with Crippen molar-refractivity contribution in [1.82, 2.24) is 10.6 Å². The van der Waals surface area contributed by atoms with Gasteiger partial charge in [0.05, 0.1) is 6.23 Å². The van der Waals surface area contributed by atoms with Crippen molar-refractivity contribution in [3.05, 3.63) is 0 Å². The Bertz CT molecular complexity index is 43.5. The second-order valence-corrected chi connectivity index (χ2v) is 1.95. The summed E-state index contributed by atoms with van der Waals surface area (Å²) in [6.07, 6.45) is -0.667. The van der Waals surface area contributed by atoms with E-state index < -0.39 is 6.23 Å². The van der Waals surface area contributed by atoms with Crippen LogP contribution < -0.4 is 16.4 Å². The number of aliphatic hydroxyl groups excluding tert-OH is 1. The Labute approximate surface area is 62.8 Å². The van der Waals surface area contributed by atoms with E-state index in [1.165, 1.54) is 6.92 Å². The van der Waals surface area contributed by atoms with Gasteiger partial charge in [0, 0.05) is 13.1 Å². The number of hydrogen-bond donors (Lipinski definition) is 4. The minimum atomic E-state index is -0.667. The molecule has 0 aliphatic carbocycles. The first kappa shape index (κ1) is 12.5. The monoisotopic (exact) mass is 149 g/mol. The van der Waals surface area contributed by atoms with Gasteiger partial charge in [-0.05, 0) is 21.0 Å². The molecule has 1 unspecified atom stereocenters. The molecule has 0 fully saturated rings. The third-order valence-corrected chi connectivity index (χ3v) is 0.625. The fraction of sp³-hybridized carbons (Fsp3) is 1.00. The van der Waals surface area contributed by atoms with Gasteiger partial charge in [-0.15, -0.1) is 0 Å². The van der Waals surface area contributed by atoms with Crippen LogP contribution in [-0.4, -0.2) is 38.5 Å². The molecule has 0 aromatic carbocycles. The Kier molecular flexibility index (Phi) is 14.5. The molecule has 0 saturated carbocycles. The lowest BCUT2D eigenvalue weighted by atomic mass is 10.6. The molecule has 0 radical (unpaired) electrons. The van der Waals surface area contributed by atoms with Crippen molar-refractivity contribution in [2.75, 3.05) is 27.2 Å². The minimum Gasteiger partial charge on any atom is -0.379 e. The molecule has 5 N–H and O–H groups in total. The van der Waals surface area contributed by atoms with Crippen LogP contribution in [-0.2, 0) is 0 Å². The Morgan fingerprint density at radius 2 is 1.50 bits per heavy atom. The zero-order valence-electron chi connectivity index (χ0n) is 7.02. The fourth-order valence-corrected chi connectivity index (χ4v) is 0.250. The smallest absolute Gasteiger partial charge is 0.0991 e. The lowest BCUT2D eigenvalue weighted by molar-refractivity contribution is 0.203. The maximum atomic E-state index is 7.83. The Balaban J connectivity index is 0. The number of likely N-dealkylation sites (N-methyl/N-ethyl adjacent to an activating group) is 2. The van der Waals surface area contributed by atoms with Crippen LogP contribution in [0.1, 0.15) is 6.92 Å². The molecule has 0 aromatic rings. The van der Waals surface area contributed by atoms with E-state index >= 15 is 0 Å².